The van der Waals surface area contributed by atoms with Gasteiger partial charge >= 0.3 is 0 Å². The molecule has 1 atom stereocenters. The van der Waals surface area contributed by atoms with Gasteiger partial charge in [0.1, 0.15) is 18.3 Å². The van der Waals surface area contributed by atoms with E-state index in [4.69, 9.17) is 0 Å². The number of nitriles is 2. The fourth-order valence-electron chi connectivity index (χ4n) is 3.50. The van der Waals surface area contributed by atoms with Gasteiger partial charge in [0.05, 0.1) is 22.5 Å². The molecule has 0 fully saturated rings. The second kappa shape index (κ2) is 5.58. The highest BCUT2D eigenvalue weighted by molar-refractivity contribution is 5.91. The van der Waals surface area contributed by atoms with Crippen LogP contribution in [-0.2, 0) is 0 Å². The van der Waals surface area contributed by atoms with Crippen LogP contribution in [0.15, 0.2) is 24.3 Å². The summed E-state index contributed by atoms with van der Waals surface area (Å²) in [6, 6.07) is 12.4. The Balaban J connectivity index is 2.36. The summed E-state index contributed by atoms with van der Waals surface area (Å²) in [5.74, 6) is 0. The molecule has 4 heteroatoms. The van der Waals surface area contributed by atoms with Crippen molar-refractivity contribution in [3.05, 3.63) is 52.1 Å². The Morgan fingerprint density at radius 3 is 2.12 bits per heavy atom. The third kappa shape index (κ3) is 2.12. The third-order valence-corrected chi connectivity index (χ3v) is 4.96. The van der Waals surface area contributed by atoms with Crippen molar-refractivity contribution in [3.63, 3.8) is 0 Å². The number of fused-ring (bicyclic) bond motifs is 1. The van der Waals surface area contributed by atoms with Crippen molar-refractivity contribution in [2.24, 2.45) is 0 Å². The molecule has 3 rings (SSSR count). The lowest BCUT2D eigenvalue weighted by Gasteiger charge is -2.30. The second-order valence-corrected chi connectivity index (χ2v) is 6.42. The summed E-state index contributed by atoms with van der Waals surface area (Å²) in [5, 5.41) is 19.1. The normalized spacial score (nSPS) is 15.9. The summed E-state index contributed by atoms with van der Waals surface area (Å²) in [4.78, 5) is 4.26. The highest BCUT2D eigenvalue weighted by Crippen LogP contribution is 2.48. The maximum absolute atomic E-state index is 9.60. The van der Waals surface area contributed by atoms with E-state index in [0.717, 1.165) is 17.1 Å². The van der Waals surface area contributed by atoms with E-state index >= 15 is 0 Å². The van der Waals surface area contributed by atoms with Gasteiger partial charge in [-0.3, -0.25) is 0 Å². The second-order valence-electron chi connectivity index (χ2n) is 6.42. The summed E-state index contributed by atoms with van der Waals surface area (Å²) in [5.41, 5.74) is 7.57. The van der Waals surface area contributed by atoms with Gasteiger partial charge in [-0.05, 0) is 62.6 Å². The van der Waals surface area contributed by atoms with Gasteiger partial charge in [-0.2, -0.15) is 10.5 Å². The molecular weight excluding hydrogens is 296 g/mol. The number of nitrogens with zero attached hydrogens (tertiary/aromatic N) is 4. The molecule has 2 aromatic rings. The fraction of sp³-hybridized carbons (Fsp3) is 0.300. The van der Waals surface area contributed by atoms with E-state index in [1.54, 1.807) is 12.1 Å². The number of hydrogen-bond donors (Lipinski definition) is 0. The van der Waals surface area contributed by atoms with Gasteiger partial charge in [0.2, 0.25) is 0 Å². The molecule has 1 heterocycles. The minimum Gasteiger partial charge on any atom is -0.351 e. The molecule has 0 saturated carbocycles. The van der Waals surface area contributed by atoms with E-state index in [2.05, 4.69) is 61.8 Å². The first-order valence-corrected chi connectivity index (χ1v) is 7.97. The summed E-state index contributed by atoms with van der Waals surface area (Å²) in [7, 11) is 1.98. The van der Waals surface area contributed by atoms with Crippen LogP contribution in [0.4, 0.5) is 17.1 Å². The molecular formula is C20H20N4. The van der Waals surface area contributed by atoms with Gasteiger partial charge in [0, 0.05) is 12.7 Å². The first kappa shape index (κ1) is 15.9. The van der Waals surface area contributed by atoms with Crippen molar-refractivity contribution in [2.45, 2.75) is 33.9 Å². The van der Waals surface area contributed by atoms with Crippen molar-refractivity contribution in [2.75, 3.05) is 16.8 Å². The Morgan fingerprint density at radius 2 is 1.54 bits per heavy atom. The molecule has 1 aliphatic rings. The third-order valence-electron chi connectivity index (χ3n) is 4.96. The summed E-state index contributed by atoms with van der Waals surface area (Å²) in [6.07, 6.45) is 0.0292. The number of benzene rings is 2. The zero-order valence-corrected chi connectivity index (χ0v) is 14.7. The Bertz CT molecular complexity index is 915. The molecule has 120 valence electrons. The minimum atomic E-state index is 0.0292. The van der Waals surface area contributed by atoms with Gasteiger partial charge < -0.3 is 9.80 Å². The largest absolute Gasteiger partial charge is 0.351 e. The molecule has 2 aromatic carbocycles. The highest BCUT2D eigenvalue weighted by Gasteiger charge is 2.36. The average Bonchev–Trinajstić information content (AvgIpc) is 2.82. The molecule has 0 amide bonds. The summed E-state index contributed by atoms with van der Waals surface area (Å²) in [6.45, 7) is 8.39. The van der Waals surface area contributed by atoms with Crippen molar-refractivity contribution < 1.29 is 0 Å². The van der Waals surface area contributed by atoms with E-state index in [0.29, 0.717) is 11.1 Å². The smallest absolute Gasteiger partial charge is 0.103 e. The van der Waals surface area contributed by atoms with Crippen LogP contribution in [0.2, 0.25) is 0 Å². The quantitative estimate of drug-likeness (QED) is 0.787. The lowest BCUT2D eigenvalue weighted by molar-refractivity contribution is 0.731. The first-order valence-electron chi connectivity index (χ1n) is 7.97. The minimum absolute atomic E-state index is 0.0292. The van der Waals surface area contributed by atoms with Crippen molar-refractivity contribution >= 4 is 17.1 Å². The standard InChI is InChI=1S/C20H20N4/c1-12-8-13(2)14(3)18(9-12)24-15(4)23(5)19-16(10-21)6-7-17(11-22)20(19)24/h6-9,15H,1-5H3/t15-/m0/s1. The van der Waals surface area contributed by atoms with Crippen LogP contribution in [0.25, 0.3) is 0 Å². The van der Waals surface area contributed by atoms with E-state index < -0.39 is 0 Å². The molecule has 0 bridgehead atoms. The zero-order valence-electron chi connectivity index (χ0n) is 14.7. The number of hydrogen-bond acceptors (Lipinski definition) is 4. The first-order chi connectivity index (χ1) is 11.4. The highest BCUT2D eigenvalue weighted by atomic mass is 15.4. The van der Waals surface area contributed by atoms with Gasteiger partial charge in [-0.1, -0.05) is 6.07 Å². The van der Waals surface area contributed by atoms with E-state index in [9.17, 15) is 10.5 Å². The van der Waals surface area contributed by atoms with Crippen LogP contribution in [0, 0.1) is 43.4 Å². The lowest BCUT2D eigenvalue weighted by atomic mass is 10.0. The van der Waals surface area contributed by atoms with Gasteiger partial charge in [-0.25, -0.2) is 0 Å². The molecule has 0 radical (unpaired) electrons. The summed E-state index contributed by atoms with van der Waals surface area (Å²) >= 11 is 0. The summed E-state index contributed by atoms with van der Waals surface area (Å²) < 4.78 is 0. The van der Waals surface area contributed by atoms with Crippen LogP contribution in [0.5, 0.6) is 0 Å². The Kier molecular flexibility index (Phi) is 3.70. The van der Waals surface area contributed by atoms with E-state index in [-0.39, 0.29) is 6.17 Å². The Morgan fingerprint density at radius 1 is 0.958 bits per heavy atom. The van der Waals surface area contributed by atoms with Crippen LogP contribution in [0.3, 0.4) is 0 Å². The van der Waals surface area contributed by atoms with Crippen molar-refractivity contribution in [1.82, 2.24) is 0 Å². The molecule has 4 nitrogen and oxygen atoms in total. The predicted octanol–water partition coefficient (Wildman–Crippen LogP) is 4.29. The maximum atomic E-state index is 9.60. The monoisotopic (exact) mass is 316 g/mol. The van der Waals surface area contributed by atoms with Crippen molar-refractivity contribution in [1.29, 1.82) is 10.5 Å². The Hall–Kier alpha value is -2.98. The maximum Gasteiger partial charge on any atom is 0.103 e. The number of aryl methyl sites for hydroxylation is 2. The molecule has 0 saturated heterocycles. The van der Waals surface area contributed by atoms with E-state index in [1.807, 2.05) is 7.05 Å². The molecule has 0 aliphatic carbocycles. The molecule has 0 unspecified atom stereocenters. The van der Waals surface area contributed by atoms with Crippen LogP contribution in [-0.4, -0.2) is 13.2 Å². The number of anilines is 3. The molecule has 0 aromatic heterocycles. The van der Waals surface area contributed by atoms with Crippen molar-refractivity contribution in [3.8, 4) is 12.1 Å². The van der Waals surface area contributed by atoms with Crippen LogP contribution in [0.1, 0.15) is 34.7 Å². The lowest BCUT2D eigenvalue weighted by Crippen LogP contribution is -2.36. The molecule has 1 aliphatic heterocycles. The van der Waals surface area contributed by atoms with E-state index in [1.165, 1.54) is 16.7 Å². The average molecular weight is 316 g/mol. The molecule has 24 heavy (non-hydrogen) atoms. The number of rotatable bonds is 1. The van der Waals surface area contributed by atoms with Crippen LogP contribution >= 0.6 is 0 Å². The fourth-order valence-corrected chi connectivity index (χ4v) is 3.50. The van der Waals surface area contributed by atoms with Gasteiger partial charge in [0.25, 0.3) is 0 Å². The van der Waals surface area contributed by atoms with Gasteiger partial charge in [-0.15, -0.1) is 0 Å². The predicted molar refractivity (Wildman–Crippen MR) is 96.5 cm³/mol. The molecule has 0 spiro atoms. The van der Waals surface area contributed by atoms with Crippen LogP contribution < -0.4 is 9.80 Å². The SMILES string of the molecule is Cc1cc(C)c(C)c(N2c3c(C#N)ccc(C#N)c3N(C)[C@@H]2C)c1. The van der Waals surface area contributed by atoms with Gasteiger partial charge in [0.15, 0.2) is 0 Å². The molecule has 0 N–H and O–H groups in total. The topological polar surface area (TPSA) is 54.1 Å². The zero-order chi connectivity index (χ0) is 17.6. The Labute approximate surface area is 143 Å².